The number of carbonyl (C=O) groups is 1. The Kier molecular flexibility index (Phi) is 2.78. The first-order valence-corrected chi connectivity index (χ1v) is 6.01. The fraction of sp³-hybridized carbons (Fsp3) is 0.615. The molecule has 2 unspecified atom stereocenters. The molecule has 1 fully saturated rings. The number of hydrogen-bond acceptors (Lipinski definition) is 1. The first-order chi connectivity index (χ1) is 7.50. The second-order valence-corrected chi connectivity index (χ2v) is 5.17. The molecule has 1 saturated carbocycles. The van der Waals surface area contributed by atoms with Crippen LogP contribution in [0.15, 0.2) is 23.5 Å². The van der Waals surface area contributed by atoms with E-state index in [-0.39, 0.29) is 12.1 Å². The predicted octanol–water partition coefficient (Wildman–Crippen LogP) is 2.86. The van der Waals surface area contributed by atoms with E-state index in [1.165, 1.54) is 17.6 Å². The fourth-order valence-electron chi connectivity index (χ4n) is 2.59. The largest absolute Gasteiger partial charge is 0.325 e. The van der Waals surface area contributed by atoms with Gasteiger partial charge in [0.25, 0.3) is 0 Å². The van der Waals surface area contributed by atoms with Crippen LogP contribution in [0.1, 0.15) is 34.1 Å². The summed E-state index contributed by atoms with van der Waals surface area (Å²) in [6.07, 6.45) is 5.11. The van der Waals surface area contributed by atoms with Crippen LogP contribution in [0, 0.1) is 11.8 Å². The number of rotatable bonds is 1. The van der Waals surface area contributed by atoms with Crippen LogP contribution in [0.5, 0.6) is 0 Å². The molecule has 2 aliphatic rings. The molecule has 0 radical (unpaired) electrons. The van der Waals surface area contributed by atoms with Crippen molar-refractivity contribution in [1.29, 1.82) is 0 Å². The highest BCUT2D eigenvalue weighted by atomic mass is 16.2. The third kappa shape index (κ3) is 1.75. The molecule has 3 nitrogen and oxygen atoms in total. The molecule has 16 heavy (non-hydrogen) atoms. The van der Waals surface area contributed by atoms with Crippen molar-refractivity contribution in [2.75, 3.05) is 0 Å². The Morgan fingerprint density at radius 2 is 1.94 bits per heavy atom. The molecule has 0 spiro atoms. The summed E-state index contributed by atoms with van der Waals surface area (Å²) in [6, 6.07) is 0.173. The van der Waals surface area contributed by atoms with Gasteiger partial charge in [-0.05, 0) is 43.3 Å². The van der Waals surface area contributed by atoms with E-state index in [1.54, 1.807) is 4.90 Å². The molecule has 3 heteroatoms. The van der Waals surface area contributed by atoms with Gasteiger partial charge >= 0.3 is 6.03 Å². The molecule has 0 aromatic rings. The number of nitrogens with one attached hydrogen (secondary N) is 1. The molecular weight excluding hydrogens is 200 g/mol. The average molecular weight is 220 g/mol. The third-order valence-electron chi connectivity index (χ3n) is 3.52. The van der Waals surface area contributed by atoms with Crippen molar-refractivity contribution in [3.8, 4) is 0 Å². The number of fused-ring (bicyclic) bond motifs is 1. The van der Waals surface area contributed by atoms with Crippen molar-refractivity contribution in [3.63, 3.8) is 0 Å². The molecule has 0 aromatic carbocycles. The van der Waals surface area contributed by atoms with Crippen molar-refractivity contribution in [2.24, 2.45) is 11.8 Å². The third-order valence-corrected chi connectivity index (χ3v) is 3.52. The molecule has 2 atom stereocenters. The molecule has 1 heterocycles. The lowest BCUT2D eigenvalue weighted by molar-refractivity contribution is 0.209. The van der Waals surface area contributed by atoms with Crippen LogP contribution in [0.2, 0.25) is 0 Å². The monoisotopic (exact) mass is 220 g/mol. The minimum atomic E-state index is -0.0243. The summed E-state index contributed by atoms with van der Waals surface area (Å²) in [5.41, 5.74) is 2.61. The lowest BCUT2D eigenvalue weighted by Gasteiger charge is -2.22. The highest BCUT2D eigenvalue weighted by molar-refractivity contribution is 5.78. The first kappa shape index (κ1) is 11.2. The molecule has 1 aliphatic heterocycles. The van der Waals surface area contributed by atoms with Gasteiger partial charge in [0, 0.05) is 18.4 Å². The summed E-state index contributed by atoms with van der Waals surface area (Å²) in [6.45, 7) is 8.52. The van der Waals surface area contributed by atoms with Crippen molar-refractivity contribution in [3.05, 3.63) is 23.5 Å². The standard InChI is InChI=1S/C13H20N2O/c1-8(2)15-7-12-10(4)5-9(3)11(12)6-14-13(15)16/h6-10H,5H2,1-4H3,(H,14,16). The number of allylic oxidation sites excluding steroid dienone is 2. The molecule has 1 N–H and O–H groups in total. The Morgan fingerprint density at radius 1 is 1.31 bits per heavy atom. The number of urea groups is 1. The second-order valence-electron chi connectivity index (χ2n) is 5.17. The quantitative estimate of drug-likeness (QED) is 0.724. The predicted molar refractivity (Wildman–Crippen MR) is 64.6 cm³/mol. The Hall–Kier alpha value is -1.25. The lowest BCUT2D eigenvalue weighted by Crippen LogP contribution is -2.37. The lowest BCUT2D eigenvalue weighted by atomic mass is 10.0. The summed E-state index contributed by atoms with van der Waals surface area (Å²) in [7, 11) is 0. The van der Waals surface area contributed by atoms with Crippen LogP contribution < -0.4 is 5.32 Å². The SMILES string of the molecule is CC1CC(C)C2=CN(C(C)C)C(=O)NC=C21. The van der Waals surface area contributed by atoms with Gasteiger partial charge in [-0.1, -0.05) is 13.8 Å². The van der Waals surface area contributed by atoms with Gasteiger partial charge < -0.3 is 5.32 Å². The van der Waals surface area contributed by atoms with Crippen molar-refractivity contribution in [1.82, 2.24) is 10.2 Å². The van der Waals surface area contributed by atoms with E-state index in [9.17, 15) is 4.79 Å². The molecule has 2 amide bonds. The summed E-state index contributed by atoms with van der Waals surface area (Å²) < 4.78 is 0. The summed E-state index contributed by atoms with van der Waals surface area (Å²) in [5, 5.41) is 2.87. The van der Waals surface area contributed by atoms with E-state index in [0.29, 0.717) is 11.8 Å². The van der Waals surface area contributed by atoms with Crippen LogP contribution in [0.3, 0.4) is 0 Å². The maximum atomic E-state index is 11.8. The van der Waals surface area contributed by atoms with Crippen LogP contribution >= 0.6 is 0 Å². The van der Waals surface area contributed by atoms with E-state index in [2.05, 4.69) is 19.2 Å². The van der Waals surface area contributed by atoms with Gasteiger partial charge in [-0.2, -0.15) is 0 Å². The molecule has 2 rings (SSSR count). The van der Waals surface area contributed by atoms with Gasteiger partial charge in [0.2, 0.25) is 0 Å². The zero-order chi connectivity index (χ0) is 11.9. The Balaban J connectivity index is 2.39. The highest BCUT2D eigenvalue weighted by Gasteiger charge is 2.31. The van der Waals surface area contributed by atoms with Crippen molar-refractivity contribution >= 4 is 6.03 Å². The Labute approximate surface area is 97.2 Å². The second kappa shape index (κ2) is 3.96. The zero-order valence-electron chi connectivity index (χ0n) is 10.4. The summed E-state index contributed by atoms with van der Waals surface area (Å²) in [4.78, 5) is 13.6. The van der Waals surface area contributed by atoms with Gasteiger partial charge in [0.1, 0.15) is 0 Å². The number of carbonyl (C=O) groups excluding carboxylic acids is 1. The van der Waals surface area contributed by atoms with Gasteiger partial charge in [-0.3, -0.25) is 4.90 Å². The maximum absolute atomic E-state index is 11.8. The normalized spacial score (nSPS) is 29.6. The van der Waals surface area contributed by atoms with Gasteiger partial charge in [0.15, 0.2) is 0 Å². The molecule has 1 aliphatic carbocycles. The first-order valence-electron chi connectivity index (χ1n) is 6.01. The molecule has 0 bridgehead atoms. The Morgan fingerprint density at radius 3 is 2.56 bits per heavy atom. The van der Waals surface area contributed by atoms with Crippen LogP contribution in [-0.2, 0) is 0 Å². The van der Waals surface area contributed by atoms with E-state index < -0.39 is 0 Å². The summed E-state index contributed by atoms with van der Waals surface area (Å²) >= 11 is 0. The fourth-order valence-corrected chi connectivity index (χ4v) is 2.59. The average Bonchev–Trinajstić information content (AvgIpc) is 2.37. The highest BCUT2D eigenvalue weighted by Crippen LogP contribution is 2.40. The maximum Gasteiger partial charge on any atom is 0.325 e. The van der Waals surface area contributed by atoms with Crippen LogP contribution in [0.25, 0.3) is 0 Å². The van der Waals surface area contributed by atoms with Crippen LogP contribution in [0.4, 0.5) is 4.79 Å². The van der Waals surface area contributed by atoms with E-state index >= 15 is 0 Å². The zero-order valence-corrected chi connectivity index (χ0v) is 10.4. The van der Waals surface area contributed by atoms with Crippen molar-refractivity contribution in [2.45, 2.75) is 40.2 Å². The smallest absolute Gasteiger partial charge is 0.314 e. The van der Waals surface area contributed by atoms with E-state index in [4.69, 9.17) is 0 Å². The van der Waals surface area contributed by atoms with Gasteiger partial charge in [-0.15, -0.1) is 0 Å². The number of nitrogens with zero attached hydrogens (tertiary/aromatic N) is 1. The molecule has 88 valence electrons. The molecule has 0 saturated heterocycles. The number of hydrogen-bond donors (Lipinski definition) is 1. The molecule has 0 aromatic heterocycles. The topological polar surface area (TPSA) is 32.3 Å². The Bertz CT molecular complexity index is 368. The number of amides is 2. The van der Waals surface area contributed by atoms with Crippen LogP contribution in [-0.4, -0.2) is 17.0 Å². The van der Waals surface area contributed by atoms with E-state index in [0.717, 1.165) is 0 Å². The van der Waals surface area contributed by atoms with Gasteiger partial charge in [-0.25, -0.2) is 4.79 Å². The van der Waals surface area contributed by atoms with E-state index in [1.807, 2.05) is 26.2 Å². The minimum Gasteiger partial charge on any atom is -0.314 e. The van der Waals surface area contributed by atoms with Gasteiger partial charge in [0.05, 0.1) is 0 Å². The van der Waals surface area contributed by atoms with Crippen molar-refractivity contribution < 1.29 is 4.79 Å². The summed E-state index contributed by atoms with van der Waals surface area (Å²) in [5.74, 6) is 1.10. The molecular formula is C13H20N2O. The minimum absolute atomic E-state index is 0.0243.